The van der Waals surface area contributed by atoms with Gasteiger partial charge >= 0.3 is 0 Å². The van der Waals surface area contributed by atoms with Gasteiger partial charge in [-0.1, -0.05) is 12.1 Å². The first kappa shape index (κ1) is 19.5. The Labute approximate surface area is 171 Å². The lowest BCUT2D eigenvalue weighted by atomic mass is 10.1. The Morgan fingerprint density at radius 3 is 2.52 bits per heavy atom. The van der Waals surface area contributed by atoms with Gasteiger partial charge < -0.3 is 24.3 Å². The highest BCUT2D eigenvalue weighted by molar-refractivity contribution is 6.08. The quantitative estimate of drug-likeness (QED) is 0.506. The van der Waals surface area contributed by atoms with Crippen LogP contribution in [0.1, 0.15) is 15.9 Å². The number of methoxy groups -OCH3 is 2. The van der Waals surface area contributed by atoms with Crippen LogP contribution in [0.5, 0.6) is 11.5 Å². The van der Waals surface area contributed by atoms with E-state index in [4.69, 9.17) is 9.47 Å². The molecule has 3 aromatic rings. The number of aromatic amines is 1. The lowest BCUT2D eigenvalue weighted by Crippen LogP contribution is -3.27. The Morgan fingerprint density at radius 1 is 1.00 bits per heavy atom. The standard InChI is InChI=1S/C23H27N3O3/c1-28-18-7-8-19-20(14-24-21(19)13-18)22(27)16-26-11-9-25(10-12-26)15-17-5-3-4-6-23(17)29-2/h3-8,13-14,24H,9-12,15-16H2,1-2H3/p+2. The van der Waals surface area contributed by atoms with E-state index < -0.39 is 0 Å². The van der Waals surface area contributed by atoms with Crippen molar-refractivity contribution in [1.82, 2.24) is 4.98 Å². The number of carbonyl (C=O) groups is 1. The Hall–Kier alpha value is -2.83. The van der Waals surface area contributed by atoms with E-state index in [-0.39, 0.29) is 5.78 Å². The maximum absolute atomic E-state index is 12.9. The molecule has 4 rings (SSSR count). The number of ether oxygens (including phenoxy) is 2. The van der Waals surface area contributed by atoms with Gasteiger partial charge in [0.1, 0.15) is 50.8 Å². The van der Waals surface area contributed by atoms with Crippen molar-refractivity contribution in [1.29, 1.82) is 0 Å². The fourth-order valence-corrected chi connectivity index (χ4v) is 4.21. The van der Waals surface area contributed by atoms with Crippen molar-refractivity contribution in [2.45, 2.75) is 6.54 Å². The molecule has 0 amide bonds. The van der Waals surface area contributed by atoms with E-state index in [2.05, 4.69) is 17.1 Å². The first-order valence-corrected chi connectivity index (χ1v) is 10.2. The van der Waals surface area contributed by atoms with E-state index in [1.807, 2.05) is 36.5 Å². The van der Waals surface area contributed by atoms with Crippen LogP contribution < -0.4 is 19.3 Å². The van der Waals surface area contributed by atoms with Crippen molar-refractivity contribution < 1.29 is 24.1 Å². The van der Waals surface area contributed by atoms with Gasteiger partial charge in [-0.3, -0.25) is 4.79 Å². The summed E-state index contributed by atoms with van der Waals surface area (Å²) < 4.78 is 10.7. The van der Waals surface area contributed by atoms with Gasteiger partial charge in [0, 0.05) is 34.3 Å². The summed E-state index contributed by atoms with van der Waals surface area (Å²) in [5, 5.41) is 0.968. The Balaban J connectivity index is 1.34. The largest absolute Gasteiger partial charge is 0.497 e. The number of aromatic nitrogens is 1. The number of nitrogens with one attached hydrogen (secondary N) is 3. The summed E-state index contributed by atoms with van der Waals surface area (Å²) in [6, 6.07) is 14.0. The summed E-state index contributed by atoms with van der Waals surface area (Å²) in [6.45, 7) is 5.65. The predicted octanol–water partition coefficient (Wildman–Crippen LogP) is 0.351. The molecule has 1 fully saturated rings. The number of carbonyl (C=O) groups excluding carboxylic acids is 1. The normalized spacial score (nSPS) is 19.2. The van der Waals surface area contributed by atoms with Crippen molar-refractivity contribution in [2.75, 3.05) is 46.9 Å². The third-order valence-electron chi connectivity index (χ3n) is 5.90. The minimum atomic E-state index is 0.199. The number of piperazine rings is 1. The molecule has 2 aromatic carbocycles. The first-order valence-electron chi connectivity index (χ1n) is 10.2. The Kier molecular flexibility index (Phi) is 5.83. The summed E-state index contributed by atoms with van der Waals surface area (Å²) in [4.78, 5) is 19.0. The fourth-order valence-electron chi connectivity index (χ4n) is 4.21. The summed E-state index contributed by atoms with van der Waals surface area (Å²) in [5.74, 6) is 1.95. The molecule has 0 spiro atoms. The smallest absolute Gasteiger partial charge is 0.219 e. The third-order valence-corrected chi connectivity index (χ3v) is 5.90. The van der Waals surface area contributed by atoms with Gasteiger partial charge in [0.25, 0.3) is 0 Å². The minimum absolute atomic E-state index is 0.199. The number of H-pyrrole nitrogens is 1. The Morgan fingerprint density at radius 2 is 1.76 bits per heavy atom. The highest BCUT2D eigenvalue weighted by Gasteiger charge is 2.26. The van der Waals surface area contributed by atoms with Gasteiger partial charge in [-0.15, -0.1) is 0 Å². The van der Waals surface area contributed by atoms with Crippen LogP contribution in [0.15, 0.2) is 48.7 Å². The molecular weight excluding hydrogens is 366 g/mol. The number of hydrogen-bond donors (Lipinski definition) is 3. The van der Waals surface area contributed by atoms with Gasteiger partial charge in [-0.05, 0) is 24.3 Å². The van der Waals surface area contributed by atoms with Crippen LogP contribution in [-0.4, -0.2) is 57.7 Å². The number of hydrogen-bond acceptors (Lipinski definition) is 3. The van der Waals surface area contributed by atoms with Crippen molar-refractivity contribution in [2.24, 2.45) is 0 Å². The molecule has 0 saturated carbocycles. The van der Waals surface area contributed by atoms with Crippen LogP contribution >= 0.6 is 0 Å². The molecule has 152 valence electrons. The average molecular weight is 396 g/mol. The average Bonchev–Trinajstić information content (AvgIpc) is 3.18. The van der Waals surface area contributed by atoms with E-state index in [9.17, 15) is 4.79 Å². The molecule has 0 radical (unpaired) electrons. The van der Waals surface area contributed by atoms with Crippen LogP contribution in [0, 0.1) is 0 Å². The molecule has 6 nitrogen and oxygen atoms in total. The fraction of sp³-hybridized carbons (Fsp3) is 0.348. The SMILES string of the molecule is COc1ccc2c(C(=O)C[NH+]3CC[NH+](Cc4ccccc4OC)CC3)c[nH]c2c1. The first-order chi connectivity index (χ1) is 14.2. The maximum Gasteiger partial charge on any atom is 0.219 e. The minimum Gasteiger partial charge on any atom is -0.497 e. The molecule has 0 aliphatic carbocycles. The highest BCUT2D eigenvalue weighted by Crippen LogP contribution is 2.23. The molecule has 0 bridgehead atoms. The van der Waals surface area contributed by atoms with Crippen molar-refractivity contribution in [3.05, 3.63) is 59.8 Å². The second-order valence-corrected chi connectivity index (χ2v) is 7.70. The lowest BCUT2D eigenvalue weighted by molar-refractivity contribution is -1.01. The zero-order valence-corrected chi connectivity index (χ0v) is 17.1. The van der Waals surface area contributed by atoms with Crippen molar-refractivity contribution in [3.8, 4) is 11.5 Å². The van der Waals surface area contributed by atoms with Crippen LogP contribution in [0.4, 0.5) is 0 Å². The van der Waals surface area contributed by atoms with Gasteiger partial charge in [0.2, 0.25) is 5.78 Å². The molecule has 0 atom stereocenters. The number of rotatable bonds is 7. The summed E-state index contributed by atoms with van der Waals surface area (Å²) in [5.41, 5.74) is 2.96. The number of ketones is 1. The second-order valence-electron chi connectivity index (χ2n) is 7.70. The van der Waals surface area contributed by atoms with E-state index in [0.29, 0.717) is 6.54 Å². The van der Waals surface area contributed by atoms with Crippen LogP contribution in [0.2, 0.25) is 0 Å². The molecule has 2 heterocycles. The third kappa shape index (κ3) is 4.28. The molecule has 0 unspecified atom stereocenters. The van der Waals surface area contributed by atoms with E-state index in [1.165, 1.54) is 10.5 Å². The topological polar surface area (TPSA) is 60.2 Å². The number of benzene rings is 2. The monoisotopic (exact) mass is 395 g/mol. The van der Waals surface area contributed by atoms with E-state index >= 15 is 0 Å². The molecule has 1 aliphatic heterocycles. The maximum atomic E-state index is 12.9. The molecule has 1 saturated heterocycles. The van der Waals surface area contributed by atoms with Crippen molar-refractivity contribution in [3.63, 3.8) is 0 Å². The summed E-state index contributed by atoms with van der Waals surface area (Å²) in [6.07, 6.45) is 1.83. The molecule has 1 aliphatic rings. The molecule has 1 aromatic heterocycles. The second kappa shape index (κ2) is 8.68. The molecular formula is C23H29N3O3+2. The van der Waals surface area contributed by atoms with Crippen molar-refractivity contribution >= 4 is 16.7 Å². The van der Waals surface area contributed by atoms with Gasteiger partial charge in [0.05, 0.1) is 14.2 Å². The van der Waals surface area contributed by atoms with Crippen LogP contribution in [0.3, 0.4) is 0 Å². The van der Waals surface area contributed by atoms with Crippen LogP contribution in [-0.2, 0) is 6.54 Å². The highest BCUT2D eigenvalue weighted by atomic mass is 16.5. The number of para-hydroxylation sites is 1. The van der Waals surface area contributed by atoms with Gasteiger partial charge in [0.15, 0.2) is 0 Å². The predicted molar refractivity (Wildman–Crippen MR) is 112 cm³/mol. The number of quaternary nitrogens is 2. The van der Waals surface area contributed by atoms with E-state index in [0.717, 1.165) is 60.7 Å². The molecule has 29 heavy (non-hydrogen) atoms. The molecule has 3 N–H and O–H groups in total. The Bertz CT molecular complexity index is 990. The van der Waals surface area contributed by atoms with Gasteiger partial charge in [-0.25, -0.2) is 0 Å². The van der Waals surface area contributed by atoms with Gasteiger partial charge in [-0.2, -0.15) is 0 Å². The number of fused-ring (bicyclic) bond motifs is 1. The summed E-state index contributed by atoms with van der Waals surface area (Å²) in [7, 11) is 3.37. The van der Waals surface area contributed by atoms with E-state index in [1.54, 1.807) is 19.1 Å². The molecule has 6 heteroatoms. The summed E-state index contributed by atoms with van der Waals surface area (Å²) >= 11 is 0. The lowest BCUT2D eigenvalue weighted by Gasteiger charge is -2.29. The zero-order chi connectivity index (χ0) is 20.2. The number of Topliss-reactive ketones (excluding diaryl/α,β-unsaturated/α-hetero) is 1. The zero-order valence-electron chi connectivity index (χ0n) is 17.1. The van der Waals surface area contributed by atoms with Crippen LogP contribution in [0.25, 0.3) is 10.9 Å².